The SMILES string of the molecule is CCCC(=O)O.CCCC(=O)OC1(C(O)O)CC(O)C(NC(C)=O)C([C@H](O)[C@H](O)CO)O1.CC[C@@H](O)[C@@H](O)C1OC(O)(C(O)O)CC(O)C1NC(C)=O. The fourth-order valence-corrected chi connectivity index (χ4v) is 5.28. The number of hydrogen-bond acceptors (Lipinski definition) is 19. The van der Waals surface area contributed by atoms with E-state index in [-0.39, 0.29) is 12.8 Å². The molecule has 2 heterocycles. The molecule has 0 bridgehead atoms. The van der Waals surface area contributed by atoms with Crippen molar-refractivity contribution in [2.24, 2.45) is 0 Å². The van der Waals surface area contributed by atoms with Crippen LogP contribution < -0.4 is 10.6 Å². The van der Waals surface area contributed by atoms with Crippen LogP contribution in [-0.2, 0) is 33.4 Å². The monoisotopic (exact) mass is 778 g/mol. The van der Waals surface area contributed by atoms with Gasteiger partial charge < -0.3 is 91.2 Å². The predicted molar refractivity (Wildman–Crippen MR) is 175 cm³/mol. The van der Waals surface area contributed by atoms with Crippen molar-refractivity contribution in [2.75, 3.05) is 6.61 Å². The number of carboxylic acids is 1. The van der Waals surface area contributed by atoms with Gasteiger partial charge in [-0.25, -0.2) is 0 Å². The first-order chi connectivity index (χ1) is 24.5. The minimum absolute atomic E-state index is 0.0600. The highest BCUT2D eigenvalue weighted by atomic mass is 16.8. The van der Waals surface area contributed by atoms with Crippen molar-refractivity contribution in [3.8, 4) is 0 Å². The molecule has 22 nitrogen and oxygen atoms in total. The fraction of sp³-hybridized carbons (Fsp3) is 0.871. The number of aliphatic hydroxyl groups is 12. The third-order valence-corrected chi connectivity index (χ3v) is 8.02. The number of ether oxygens (including phenoxy) is 3. The Morgan fingerprint density at radius 3 is 1.55 bits per heavy atom. The zero-order valence-electron chi connectivity index (χ0n) is 30.3. The number of carbonyl (C=O) groups is 4. The molecule has 0 aliphatic carbocycles. The van der Waals surface area contributed by atoms with Gasteiger partial charge in [-0.05, 0) is 19.3 Å². The van der Waals surface area contributed by atoms with Crippen LogP contribution >= 0.6 is 0 Å². The van der Waals surface area contributed by atoms with Gasteiger partial charge in [-0.2, -0.15) is 0 Å². The predicted octanol–water partition coefficient (Wildman–Crippen LogP) is -5.65. The highest BCUT2D eigenvalue weighted by molar-refractivity contribution is 5.74. The maximum absolute atomic E-state index is 11.8. The van der Waals surface area contributed by atoms with E-state index >= 15 is 0 Å². The average Bonchev–Trinajstić information content (AvgIpc) is 3.05. The molecule has 312 valence electrons. The Morgan fingerprint density at radius 2 is 1.19 bits per heavy atom. The van der Waals surface area contributed by atoms with Crippen molar-refractivity contribution in [3.05, 3.63) is 0 Å². The lowest BCUT2D eigenvalue weighted by molar-refractivity contribution is -0.369. The zero-order chi connectivity index (χ0) is 41.4. The van der Waals surface area contributed by atoms with Crippen molar-refractivity contribution in [1.82, 2.24) is 10.6 Å². The molecule has 2 aliphatic rings. The lowest BCUT2D eigenvalue weighted by Crippen LogP contribution is -2.68. The van der Waals surface area contributed by atoms with Crippen LogP contribution in [0, 0.1) is 0 Å². The van der Waals surface area contributed by atoms with E-state index in [0.29, 0.717) is 12.8 Å². The maximum Gasteiger partial charge on any atom is 0.308 e. The van der Waals surface area contributed by atoms with Gasteiger partial charge in [0.2, 0.25) is 30.2 Å². The summed E-state index contributed by atoms with van der Waals surface area (Å²) in [5.41, 5.74) is 0. The molecule has 2 saturated heterocycles. The number of carbonyl (C=O) groups excluding carboxylic acids is 3. The molecule has 0 radical (unpaired) electrons. The molecule has 15 N–H and O–H groups in total. The Hall–Kier alpha value is -2.68. The van der Waals surface area contributed by atoms with Crippen LogP contribution in [0.2, 0.25) is 0 Å². The Labute approximate surface area is 305 Å². The third kappa shape index (κ3) is 15.5. The Kier molecular flexibility index (Phi) is 22.1. The van der Waals surface area contributed by atoms with Gasteiger partial charge >= 0.3 is 11.9 Å². The molecule has 2 rings (SSSR count). The van der Waals surface area contributed by atoms with Crippen molar-refractivity contribution in [2.45, 2.75) is 165 Å². The molecule has 2 aliphatic heterocycles. The first-order valence-corrected chi connectivity index (χ1v) is 16.9. The second-order valence-corrected chi connectivity index (χ2v) is 12.6. The Morgan fingerprint density at radius 1 is 0.736 bits per heavy atom. The molecule has 12 atom stereocenters. The van der Waals surface area contributed by atoms with Gasteiger partial charge in [0.05, 0.1) is 37.0 Å². The van der Waals surface area contributed by atoms with Gasteiger partial charge in [0.1, 0.15) is 30.5 Å². The van der Waals surface area contributed by atoms with Gasteiger partial charge in [-0.1, -0.05) is 20.8 Å². The molecule has 0 spiro atoms. The van der Waals surface area contributed by atoms with Crippen LogP contribution in [0.4, 0.5) is 0 Å². The van der Waals surface area contributed by atoms with Crippen molar-refractivity contribution in [1.29, 1.82) is 0 Å². The van der Waals surface area contributed by atoms with Crippen LogP contribution in [0.15, 0.2) is 0 Å². The summed E-state index contributed by atoms with van der Waals surface area (Å²) in [7, 11) is 0. The molecule has 2 amide bonds. The second-order valence-electron chi connectivity index (χ2n) is 12.6. The fourth-order valence-electron chi connectivity index (χ4n) is 5.28. The van der Waals surface area contributed by atoms with Crippen LogP contribution in [0.3, 0.4) is 0 Å². The second kappa shape index (κ2) is 23.3. The van der Waals surface area contributed by atoms with E-state index < -0.39 is 128 Å². The topological polar surface area (TPSA) is 383 Å². The number of aliphatic hydroxyl groups excluding tert-OH is 9. The average molecular weight is 779 g/mol. The van der Waals surface area contributed by atoms with Crippen molar-refractivity contribution in [3.63, 3.8) is 0 Å². The zero-order valence-corrected chi connectivity index (χ0v) is 30.3. The summed E-state index contributed by atoms with van der Waals surface area (Å²) in [6.45, 7) is 6.59. The molecule has 0 saturated carbocycles. The van der Waals surface area contributed by atoms with E-state index in [1.807, 2.05) is 6.92 Å². The summed E-state index contributed by atoms with van der Waals surface area (Å²) in [6.07, 6.45) is -16.7. The first kappa shape index (κ1) is 50.3. The van der Waals surface area contributed by atoms with Gasteiger partial charge in [-0.3, -0.25) is 19.2 Å². The number of aliphatic carboxylic acids is 1. The number of hydrogen-bond donors (Lipinski definition) is 15. The van der Waals surface area contributed by atoms with Crippen LogP contribution in [0.5, 0.6) is 0 Å². The van der Waals surface area contributed by atoms with Gasteiger partial charge in [0.15, 0.2) is 0 Å². The number of carboxylic acid groups (broad SMARTS) is 1. The van der Waals surface area contributed by atoms with Gasteiger partial charge in [-0.15, -0.1) is 0 Å². The summed E-state index contributed by atoms with van der Waals surface area (Å²) in [4.78, 5) is 44.0. The van der Waals surface area contributed by atoms with E-state index in [4.69, 9.17) is 34.6 Å². The Balaban J connectivity index is 0.000000897. The van der Waals surface area contributed by atoms with E-state index in [2.05, 4.69) is 10.6 Å². The molecular formula is C31H58N2O20. The van der Waals surface area contributed by atoms with Crippen LogP contribution in [-0.4, -0.2) is 182 Å². The summed E-state index contributed by atoms with van der Waals surface area (Å²) in [5, 5.41) is 129. The standard InChI is InChI=1S/C15H27NO10.C12H23NO8.C4H8O2/c1-3-4-10(21)25-15(14(23)24)5-8(19)11(16-7(2)18)13(26-15)12(22)9(20)6-17;1-3-6(15)9(17)10-8(13-5(2)14)7(16)4-12(20,21-10)11(18)19;1-2-3-4(5)6/h8-9,11-14,17,19-20,22-24H,3-6H2,1-2H3,(H,16,18);6-11,15-20H,3-4H2,1-2H3,(H,13,14);2-3H2,1H3,(H,5,6)/t8?,9-,11?,12-,13?,15?;6-,7?,8?,9-,10?,12?;/m11./s1. The highest BCUT2D eigenvalue weighted by Crippen LogP contribution is 2.36. The molecule has 0 aromatic carbocycles. The summed E-state index contributed by atoms with van der Waals surface area (Å²) in [6, 6.07) is -2.38. The molecule has 0 aromatic rings. The number of nitrogens with one attached hydrogen (secondary N) is 2. The lowest BCUT2D eigenvalue weighted by Gasteiger charge is -2.48. The van der Waals surface area contributed by atoms with Gasteiger partial charge in [0.25, 0.3) is 5.79 Å². The quantitative estimate of drug-likeness (QED) is 0.0544. The first-order valence-electron chi connectivity index (χ1n) is 16.9. The number of esters is 1. The summed E-state index contributed by atoms with van der Waals surface area (Å²) in [5.74, 6) is -7.57. The van der Waals surface area contributed by atoms with Crippen molar-refractivity contribution >= 4 is 23.8 Å². The van der Waals surface area contributed by atoms with Crippen LogP contribution in [0.25, 0.3) is 0 Å². The molecule has 53 heavy (non-hydrogen) atoms. The minimum atomic E-state index is -2.51. The van der Waals surface area contributed by atoms with E-state index in [1.165, 1.54) is 6.92 Å². The number of rotatable bonds is 15. The largest absolute Gasteiger partial charge is 0.481 e. The summed E-state index contributed by atoms with van der Waals surface area (Å²) < 4.78 is 15.5. The minimum Gasteiger partial charge on any atom is -0.481 e. The van der Waals surface area contributed by atoms with Crippen LogP contribution in [0.1, 0.15) is 79.6 Å². The molecular weight excluding hydrogens is 720 g/mol. The molecule has 8 unspecified atom stereocenters. The lowest BCUT2D eigenvalue weighted by atomic mass is 9.88. The summed E-state index contributed by atoms with van der Waals surface area (Å²) >= 11 is 0. The Bertz CT molecular complexity index is 1130. The van der Waals surface area contributed by atoms with E-state index in [1.54, 1.807) is 13.8 Å². The number of amides is 2. The van der Waals surface area contributed by atoms with E-state index in [0.717, 1.165) is 13.3 Å². The normalized spacial score (nSPS) is 30.7. The maximum atomic E-state index is 11.8. The smallest absolute Gasteiger partial charge is 0.308 e. The van der Waals surface area contributed by atoms with Gasteiger partial charge in [0, 0.05) is 39.5 Å². The van der Waals surface area contributed by atoms with Crippen molar-refractivity contribution < 1.29 is 99.8 Å². The van der Waals surface area contributed by atoms with E-state index in [9.17, 15) is 65.1 Å². The molecule has 22 heteroatoms. The third-order valence-electron chi connectivity index (χ3n) is 8.02. The molecule has 0 aromatic heterocycles. The molecule has 2 fully saturated rings. The highest BCUT2D eigenvalue weighted by Gasteiger charge is 2.56.